The van der Waals surface area contributed by atoms with Crippen LogP contribution in [0.2, 0.25) is 0 Å². The molecule has 1 saturated heterocycles. The Morgan fingerprint density at radius 2 is 1.80 bits per heavy atom. The Morgan fingerprint density at radius 1 is 1.20 bits per heavy atom. The van der Waals surface area contributed by atoms with Crippen molar-refractivity contribution >= 4 is 5.96 Å². The molecule has 1 fully saturated rings. The summed E-state index contributed by atoms with van der Waals surface area (Å²) in [5.74, 6) is -0.337. The van der Waals surface area contributed by atoms with Crippen molar-refractivity contribution in [2.75, 3.05) is 6.61 Å². The van der Waals surface area contributed by atoms with Gasteiger partial charge in [-0.1, -0.05) is 0 Å². The highest BCUT2D eigenvalue weighted by atomic mass is 16.6. The van der Waals surface area contributed by atoms with Gasteiger partial charge >= 0.3 is 0 Å². The maximum absolute atomic E-state index is 9.54. The highest BCUT2D eigenvalue weighted by molar-refractivity contribution is 5.75. The maximum atomic E-state index is 9.54. The molecule has 0 aromatic heterocycles. The van der Waals surface area contributed by atoms with Crippen LogP contribution in [0, 0.1) is 0 Å². The van der Waals surface area contributed by atoms with Crippen LogP contribution < -0.4 is 11.5 Å². The molecule has 1 aliphatic heterocycles. The largest absolute Gasteiger partial charge is 0.394 e. The predicted molar refractivity (Wildman–Crippen MR) is 49.6 cm³/mol. The molecule has 88 valence electrons. The summed E-state index contributed by atoms with van der Waals surface area (Å²) in [7, 11) is 0. The lowest BCUT2D eigenvalue weighted by Crippen LogP contribution is -2.58. The van der Waals surface area contributed by atoms with Crippen LogP contribution >= 0.6 is 0 Å². The van der Waals surface area contributed by atoms with Crippen LogP contribution in [0.15, 0.2) is 4.99 Å². The number of rotatable bonds is 2. The average molecular weight is 221 g/mol. The van der Waals surface area contributed by atoms with Gasteiger partial charge < -0.3 is 36.6 Å². The van der Waals surface area contributed by atoms with Crippen molar-refractivity contribution in [3.05, 3.63) is 0 Å². The van der Waals surface area contributed by atoms with E-state index in [1.165, 1.54) is 0 Å². The van der Waals surface area contributed by atoms with Crippen LogP contribution in [0.3, 0.4) is 0 Å². The van der Waals surface area contributed by atoms with E-state index in [0.29, 0.717) is 0 Å². The first kappa shape index (κ1) is 12.1. The van der Waals surface area contributed by atoms with E-state index in [1.807, 2.05) is 0 Å². The minimum atomic E-state index is -1.47. The standard InChI is InChI=1S/C7H15N3O5/c8-7(9)10-3-5(13)4(12)2(1-11)15-6(3)14/h2-6,11-14H,1H2,(H4,8,9,10). The van der Waals surface area contributed by atoms with Crippen molar-refractivity contribution in [3.63, 3.8) is 0 Å². The zero-order valence-electron chi connectivity index (χ0n) is 7.89. The summed E-state index contributed by atoms with van der Waals surface area (Å²) in [5, 5.41) is 37.1. The first-order valence-electron chi connectivity index (χ1n) is 4.36. The van der Waals surface area contributed by atoms with Crippen LogP contribution in [-0.4, -0.2) is 63.6 Å². The van der Waals surface area contributed by atoms with Gasteiger partial charge in [0.05, 0.1) is 6.61 Å². The minimum absolute atomic E-state index is 0.337. The summed E-state index contributed by atoms with van der Waals surface area (Å²) in [6.07, 6.45) is -5.28. The summed E-state index contributed by atoms with van der Waals surface area (Å²) in [5.41, 5.74) is 10.2. The smallest absolute Gasteiger partial charge is 0.186 e. The molecule has 1 aliphatic rings. The molecule has 0 bridgehead atoms. The summed E-state index contributed by atoms with van der Waals surface area (Å²) < 4.78 is 4.81. The average Bonchev–Trinajstić information content (AvgIpc) is 2.18. The fraction of sp³-hybridized carbons (Fsp3) is 0.857. The van der Waals surface area contributed by atoms with Crippen LogP contribution in [0.25, 0.3) is 0 Å². The molecule has 0 aromatic rings. The van der Waals surface area contributed by atoms with Crippen molar-refractivity contribution in [2.45, 2.75) is 30.6 Å². The molecule has 0 spiro atoms. The quantitative estimate of drug-likeness (QED) is 0.205. The van der Waals surface area contributed by atoms with Crippen LogP contribution in [0.5, 0.6) is 0 Å². The van der Waals surface area contributed by atoms with E-state index in [2.05, 4.69) is 4.99 Å². The van der Waals surface area contributed by atoms with Gasteiger partial charge in [-0.05, 0) is 0 Å². The van der Waals surface area contributed by atoms with Gasteiger partial charge in [0.2, 0.25) is 0 Å². The third-order valence-electron chi connectivity index (χ3n) is 2.17. The second kappa shape index (κ2) is 4.73. The summed E-state index contributed by atoms with van der Waals surface area (Å²) in [4.78, 5) is 3.52. The van der Waals surface area contributed by atoms with Gasteiger partial charge in [0.15, 0.2) is 12.2 Å². The number of hydrogen-bond acceptors (Lipinski definition) is 6. The summed E-state index contributed by atoms with van der Waals surface area (Å²) in [6, 6.07) is -1.16. The first-order chi connectivity index (χ1) is 6.97. The monoisotopic (exact) mass is 221 g/mol. The van der Waals surface area contributed by atoms with Gasteiger partial charge in [0.1, 0.15) is 24.4 Å². The Kier molecular flexibility index (Phi) is 3.83. The van der Waals surface area contributed by atoms with E-state index in [1.54, 1.807) is 0 Å². The highest BCUT2D eigenvalue weighted by Gasteiger charge is 2.43. The van der Waals surface area contributed by atoms with Crippen molar-refractivity contribution in [3.8, 4) is 0 Å². The Hall–Kier alpha value is -0.930. The molecule has 8 heteroatoms. The summed E-state index contributed by atoms with van der Waals surface area (Å²) in [6.45, 7) is -0.524. The third kappa shape index (κ3) is 2.55. The fourth-order valence-corrected chi connectivity index (χ4v) is 1.39. The van der Waals surface area contributed by atoms with Gasteiger partial charge in [-0.15, -0.1) is 0 Å². The molecule has 15 heavy (non-hydrogen) atoms. The Morgan fingerprint density at radius 3 is 2.27 bits per heavy atom. The number of ether oxygens (including phenoxy) is 1. The zero-order chi connectivity index (χ0) is 11.6. The Balaban J connectivity index is 2.79. The summed E-state index contributed by atoms with van der Waals surface area (Å²) >= 11 is 0. The van der Waals surface area contributed by atoms with E-state index < -0.39 is 37.3 Å². The lowest BCUT2D eigenvalue weighted by molar-refractivity contribution is -0.248. The molecule has 0 amide bonds. The van der Waals surface area contributed by atoms with Crippen molar-refractivity contribution in [1.82, 2.24) is 0 Å². The lowest BCUT2D eigenvalue weighted by atomic mass is 9.98. The van der Waals surface area contributed by atoms with E-state index >= 15 is 0 Å². The fourth-order valence-electron chi connectivity index (χ4n) is 1.39. The van der Waals surface area contributed by atoms with Crippen LogP contribution in [0.4, 0.5) is 0 Å². The maximum Gasteiger partial charge on any atom is 0.186 e. The third-order valence-corrected chi connectivity index (χ3v) is 2.17. The minimum Gasteiger partial charge on any atom is -0.394 e. The second-order valence-corrected chi connectivity index (χ2v) is 3.27. The highest BCUT2D eigenvalue weighted by Crippen LogP contribution is 2.21. The van der Waals surface area contributed by atoms with Crippen molar-refractivity contribution in [1.29, 1.82) is 0 Å². The van der Waals surface area contributed by atoms with E-state index in [4.69, 9.17) is 21.3 Å². The molecule has 0 aliphatic carbocycles. The molecule has 0 saturated carbocycles. The SMILES string of the molecule is NC(N)=NC1C(O)OC(CO)C(O)C1O. The Bertz CT molecular complexity index is 245. The molecule has 5 atom stereocenters. The number of aliphatic hydroxyl groups is 4. The molecule has 0 radical (unpaired) electrons. The molecule has 0 aromatic carbocycles. The number of aliphatic imine (C=N–C) groups is 1. The predicted octanol–water partition coefficient (Wildman–Crippen LogP) is -3.94. The van der Waals surface area contributed by atoms with Gasteiger partial charge in [-0.2, -0.15) is 0 Å². The first-order valence-corrected chi connectivity index (χ1v) is 4.36. The molecular weight excluding hydrogens is 206 g/mol. The topological polar surface area (TPSA) is 155 Å². The van der Waals surface area contributed by atoms with Crippen molar-refractivity contribution in [2.24, 2.45) is 16.5 Å². The van der Waals surface area contributed by atoms with Gasteiger partial charge in [-0.25, -0.2) is 4.99 Å². The van der Waals surface area contributed by atoms with Gasteiger partial charge in [0.25, 0.3) is 0 Å². The molecular formula is C7H15N3O5. The number of nitrogens with two attached hydrogens (primary N) is 2. The zero-order valence-corrected chi connectivity index (χ0v) is 7.89. The van der Waals surface area contributed by atoms with E-state index in [0.717, 1.165) is 0 Å². The van der Waals surface area contributed by atoms with E-state index in [-0.39, 0.29) is 5.96 Å². The van der Waals surface area contributed by atoms with Gasteiger partial charge in [-0.3, -0.25) is 0 Å². The second-order valence-electron chi connectivity index (χ2n) is 3.27. The molecule has 5 unspecified atom stereocenters. The number of aliphatic hydroxyl groups excluding tert-OH is 4. The van der Waals surface area contributed by atoms with Crippen molar-refractivity contribution < 1.29 is 25.2 Å². The van der Waals surface area contributed by atoms with Crippen LogP contribution in [0.1, 0.15) is 0 Å². The number of guanidine groups is 1. The van der Waals surface area contributed by atoms with Gasteiger partial charge in [0, 0.05) is 0 Å². The van der Waals surface area contributed by atoms with E-state index in [9.17, 15) is 15.3 Å². The lowest BCUT2D eigenvalue weighted by Gasteiger charge is -2.38. The molecule has 1 rings (SSSR count). The Labute approximate surface area is 85.8 Å². The number of nitrogens with zero attached hydrogens (tertiary/aromatic N) is 1. The number of hydrogen-bond donors (Lipinski definition) is 6. The molecule has 8 nitrogen and oxygen atoms in total. The molecule has 8 N–H and O–H groups in total. The molecule has 1 heterocycles. The van der Waals surface area contributed by atoms with Crippen LogP contribution in [-0.2, 0) is 4.74 Å². The normalized spacial score (nSPS) is 41.2.